The third-order valence-electron chi connectivity index (χ3n) is 3.31. The van der Waals surface area contributed by atoms with E-state index < -0.39 is 0 Å². The van der Waals surface area contributed by atoms with Crippen LogP contribution >= 0.6 is 0 Å². The number of ether oxygens (including phenoxy) is 1. The molecule has 0 rings (SSSR count). The molecule has 3 nitrogen and oxygen atoms in total. The van der Waals surface area contributed by atoms with Gasteiger partial charge >= 0.3 is 0 Å². The Kier molecular flexibility index (Phi) is 9.11. The van der Waals surface area contributed by atoms with Crippen molar-refractivity contribution in [1.82, 2.24) is 4.90 Å². The van der Waals surface area contributed by atoms with Crippen molar-refractivity contribution in [3.63, 3.8) is 0 Å². The van der Waals surface area contributed by atoms with E-state index in [9.17, 15) is 4.79 Å². The fourth-order valence-electron chi connectivity index (χ4n) is 2.72. The van der Waals surface area contributed by atoms with Crippen LogP contribution in [0.1, 0.15) is 68.2 Å². The quantitative estimate of drug-likeness (QED) is 0.638. The van der Waals surface area contributed by atoms with Crippen LogP contribution < -0.4 is 0 Å². The van der Waals surface area contributed by atoms with Gasteiger partial charge in [0, 0.05) is 12.1 Å². The molecule has 0 heterocycles. The highest BCUT2D eigenvalue weighted by molar-refractivity contribution is 5.78. The molecule has 0 aliphatic carbocycles. The Hall–Kier alpha value is -0.570. The fraction of sp³-hybridized carbons (Fsp3) is 0.941. The average Bonchev–Trinajstić information content (AvgIpc) is 2.23. The first-order valence-electron chi connectivity index (χ1n) is 8.07. The normalized spacial score (nSPS) is 12.2. The third-order valence-corrected chi connectivity index (χ3v) is 3.31. The Morgan fingerprint density at radius 3 is 1.55 bits per heavy atom. The molecule has 0 aliphatic heterocycles. The number of amides is 1. The summed E-state index contributed by atoms with van der Waals surface area (Å²) in [5.74, 6) is 1.30. The molecule has 0 aromatic carbocycles. The van der Waals surface area contributed by atoms with Crippen LogP contribution in [0.2, 0.25) is 0 Å². The van der Waals surface area contributed by atoms with E-state index in [1.54, 1.807) is 0 Å². The van der Waals surface area contributed by atoms with Crippen molar-refractivity contribution < 1.29 is 9.53 Å². The molecule has 0 fully saturated rings. The molecule has 0 radical (unpaired) electrons. The van der Waals surface area contributed by atoms with E-state index in [1.165, 1.54) is 0 Å². The highest BCUT2D eigenvalue weighted by Crippen LogP contribution is 2.17. The van der Waals surface area contributed by atoms with Gasteiger partial charge in [0.2, 0.25) is 5.91 Å². The first-order valence-corrected chi connectivity index (χ1v) is 8.07. The molecule has 0 N–H and O–H groups in total. The Morgan fingerprint density at radius 2 is 1.25 bits per heavy atom. The molecule has 0 atom stereocenters. The number of hydrogen-bond acceptors (Lipinski definition) is 2. The summed E-state index contributed by atoms with van der Waals surface area (Å²) in [5.41, 5.74) is 0. The van der Waals surface area contributed by atoms with Gasteiger partial charge in [-0.1, -0.05) is 27.7 Å². The SMILES string of the molecule is CC(C)CC(CC(C)C)OCC(=O)N(C(C)C)C(C)C. The molecule has 0 aliphatic rings. The zero-order valence-electron chi connectivity index (χ0n) is 14.8. The summed E-state index contributed by atoms with van der Waals surface area (Å²) in [7, 11) is 0. The van der Waals surface area contributed by atoms with E-state index in [1.807, 2.05) is 4.90 Å². The first kappa shape index (κ1) is 19.4. The Labute approximate surface area is 126 Å². The predicted molar refractivity (Wildman–Crippen MR) is 85.8 cm³/mol. The maximum atomic E-state index is 12.3. The van der Waals surface area contributed by atoms with E-state index >= 15 is 0 Å². The van der Waals surface area contributed by atoms with Gasteiger partial charge in [-0.3, -0.25) is 4.79 Å². The lowest BCUT2D eigenvalue weighted by molar-refractivity contribution is -0.142. The molecule has 1 amide bonds. The summed E-state index contributed by atoms with van der Waals surface area (Å²) in [6, 6.07) is 0.444. The second kappa shape index (κ2) is 9.38. The van der Waals surface area contributed by atoms with Crippen LogP contribution in [0, 0.1) is 11.8 Å². The average molecular weight is 285 g/mol. The van der Waals surface area contributed by atoms with Gasteiger partial charge in [0.25, 0.3) is 0 Å². The fourth-order valence-corrected chi connectivity index (χ4v) is 2.72. The predicted octanol–water partition coefficient (Wildman–Crippen LogP) is 4.11. The lowest BCUT2D eigenvalue weighted by atomic mass is 9.98. The monoisotopic (exact) mass is 285 g/mol. The summed E-state index contributed by atoms with van der Waals surface area (Å²) < 4.78 is 5.92. The van der Waals surface area contributed by atoms with Gasteiger partial charge in [0.1, 0.15) is 6.61 Å². The van der Waals surface area contributed by atoms with Gasteiger partial charge in [-0.05, 0) is 52.4 Å². The minimum atomic E-state index is 0.104. The smallest absolute Gasteiger partial charge is 0.249 e. The summed E-state index contributed by atoms with van der Waals surface area (Å²) in [4.78, 5) is 14.2. The van der Waals surface area contributed by atoms with Crippen molar-refractivity contribution in [2.45, 2.75) is 86.4 Å². The summed E-state index contributed by atoms with van der Waals surface area (Å²) in [6.07, 6.45) is 2.24. The zero-order valence-corrected chi connectivity index (χ0v) is 14.8. The van der Waals surface area contributed by atoms with Gasteiger partial charge in [-0.15, -0.1) is 0 Å². The molecule has 0 aromatic heterocycles. The minimum absolute atomic E-state index is 0.104. The van der Waals surface area contributed by atoms with Crippen LogP contribution in [-0.2, 0) is 9.53 Å². The van der Waals surface area contributed by atoms with E-state index in [4.69, 9.17) is 4.74 Å². The van der Waals surface area contributed by atoms with E-state index in [-0.39, 0.29) is 30.7 Å². The molecule has 120 valence electrons. The highest BCUT2D eigenvalue weighted by Gasteiger charge is 2.22. The molecular formula is C17H35NO2. The molecule has 3 heteroatoms. The molecular weight excluding hydrogens is 250 g/mol. The van der Waals surface area contributed by atoms with E-state index in [0.717, 1.165) is 12.8 Å². The lowest BCUT2D eigenvalue weighted by Crippen LogP contribution is -2.44. The Bertz CT molecular complexity index is 254. The maximum absolute atomic E-state index is 12.3. The third kappa shape index (κ3) is 7.88. The lowest BCUT2D eigenvalue weighted by Gasteiger charge is -2.31. The van der Waals surface area contributed by atoms with Gasteiger partial charge in [0.05, 0.1) is 6.10 Å². The summed E-state index contributed by atoms with van der Waals surface area (Å²) in [5, 5.41) is 0. The van der Waals surface area contributed by atoms with Gasteiger partial charge < -0.3 is 9.64 Å². The maximum Gasteiger partial charge on any atom is 0.249 e. The second-order valence-electron chi connectivity index (χ2n) is 7.18. The van der Waals surface area contributed by atoms with Crippen LogP contribution in [0.5, 0.6) is 0 Å². The molecule has 0 saturated carbocycles. The summed E-state index contributed by atoms with van der Waals surface area (Å²) in [6.45, 7) is 17.2. The van der Waals surface area contributed by atoms with Crippen molar-refractivity contribution >= 4 is 5.91 Å². The summed E-state index contributed by atoms with van der Waals surface area (Å²) >= 11 is 0. The number of carbonyl (C=O) groups is 1. The molecule has 0 saturated heterocycles. The number of nitrogens with zero attached hydrogens (tertiary/aromatic N) is 1. The van der Waals surface area contributed by atoms with Crippen LogP contribution in [0.25, 0.3) is 0 Å². The van der Waals surface area contributed by atoms with Crippen molar-refractivity contribution in [3.05, 3.63) is 0 Å². The molecule has 0 aromatic rings. The first-order chi connectivity index (χ1) is 9.15. The molecule has 0 spiro atoms. The van der Waals surface area contributed by atoms with Gasteiger partial charge in [-0.25, -0.2) is 0 Å². The van der Waals surface area contributed by atoms with Crippen LogP contribution in [0.4, 0.5) is 0 Å². The van der Waals surface area contributed by atoms with Crippen molar-refractivity contribution in [2.24, 2.45) is 11.8 Å². The van der Waals surface area contributed by atoms with Gasteiger partial charge in [-0.2, -0.15) is 0 Å². The van der Waals surface area contributed by atoms with Crippen LogP contribution in [0.3, 0.4) is 0 Å². The highest BCUT2D eigenvalue weighted by atomic mass is 16.5. The molecule has 20 heavy (non-hydrogen) atoms. The topological polar surface area (TPSA) is 29.5 Å². The van der Waals surface area contributed by atoms with Gasteiger partial charge in [0.15, 0.2) is 0 Å². The Morgan fingerprint density at radius 1 is 0.850 bits per heavy atom. The number of carbonyl (C=O) groups excluding carboxylic acids is 1. The van der Waals surface area contributed by atoms with Crippen molar-refractivity contribution in [2.75, 3.05) is 6.61 Å². The van der Waals surface area contributed by atoms with Crippen LogP contribution in [0.15, 0.2) is 0 Å². The molecule has 0 bridgehead atoms. The largest absolute Gasteiger partial charge is 0.368 e. The number of rotatable bonds is 9. The zero-order chi connectivity index (χ0) is 15.9. The van der Waals surface area contributed by atoms with Crippen molar-refractivity contribution in [1.29, 1.82) is 0 Å². The Balaban J connectivity index is 4.48. The van der Waals surface area contributed by atoms with E-state index in [2.05, 4.69) is 55.4 Å². The second-order valence-corrected chi connectivity index (χ2v) is 7.18. The number of hydrogen-bond donors (Lipinski definition) is 0. The van der Waals surface area contributed by atoms with E-state index in [0.29, 0.717) is 11.8 Å². The minimum Gasteiger partial charge on any atom is -0.368 e. The molecule has 0 unspecified atom stereocenters. The van der Waals surface area contributed by atoms with Crippen molar-refractivity contribution in [3.8, 4) is 0 Å². The standard InChI is InChI=1S/C17H35NO2/c1-12(2)9-16(10-13(3)4)20-11-17(19)18(14(5)6)15(7)8/h12-16H,9-11H2,1-8H3. The van der Waals surface area contributed by atoms with Crippen LogP contribution in [-0.4, -0.2) is 35.6 Å².